The fraction of sp³-hybridized carbons (Fsp3) is 0.385. The zero-order chi connectivity index (χ0) is 15.0. The van der Waals surface area contributed by atoms with Crippen LogP contribution in [0.5, 0.6) is 0 Å². The highest BCUT2D eigenvalue weighted by Crippen LogP contribution is 2.34. The summed E-state index contributed by atoms with van der Waals surface area (Å²) in [5, 5.41) is 0.0540. The van der Waals surface area contributed by atoms with Gasteiger partial charge in [-0.15, -0.1) is 0 Å². The van der Waals surface area contributed by atoms with Gasteiger partial charge in [0.05, 0.1) is 6.33 Å². The van der Waals surface area contributed by atoms with E-state index < -0.39 is 10.0 Å². The molecule has 1 saturated carbocycles. The molecule has 0 atom stereocenters. The molecule has 0 amide bonds. The van der Waals surface area contributed by atoms with Gasteiger partial charge in [-0.1, -0.05) is 6.07 Å². The molecule has 1 fully saturated rings. The van der Waals surface area contributed by atoms with Crippen molar-refractivity contribution in [1.82, 2.24) is 18.8 Å². The van der Waals surface area contributed by atoms with Gasteiger partial charge in [0, 0.05) is 32.0 Å². The third kappa shape index (κ3) is 2.64. The van der Waals surface area contributed by atoms with Gasteiger partial charge < -0.3 is 10.3 Å². The number of rotatable bonds is 5. The maximum Gasteiger partial charge on any atom is 0.263 e. The average Bonchev–Trinajstić information content (AvgIpc) is 3.22. The molecule has 0 bridgehead atoms. The summed E-state index contributed by atoms with van der Waals surface area (Å²) in [6, 6.07) is 3.69. The molecular formula is C13H17N5O2S. The largest absolute Gasteiger partial charge is 0.381 e. The third-order valence-electron chi connectivity index (χ3n) is 3.48. The van der Waals surface area contributed by atoms with Crippen LogP contribution in [0.3, 0.4) is 0 Å². The Morgan fingerprint density at radius 3 is 2.76 bits per heavy atom. The van der Waals surface area contributed by atoms with E-state index in [2.05, 4.69) is 9.97 Å². The first-order chi connectivity index (χ1) is 10.00. The molecule has 1 aliphatic rings. The second-order valence-electron chi connectivity index (χ2n) is 5.19. The van der Waals surface area contributed by atoms with E-state index in [0.29, 0.717) is 6.54 Å². The molecule has 0 unspecified atom stereocenters. The van der Waals surface area contributed by atoms with Gasteiger partial charge in [-0.2, -0.15) is 4.31 Å². The number of hydrogen-bond acceptors (Lipinski definition) is 5. The monoisotopic (exact) mass is 307 g/mol. The minimum atomic E-state index is -3.67. The molecule has 8 heteroatoms. The van der Waals surface area contributed by atoms with Crippen molar-refractivity contribution < 1.29 is 8.42 Å². The SMILES string of the molecule is Cn1cnc(N)c1S(=O)(=O)N(Cc1cccnc1)C1CC1. The fourth-order valence-corrected chi connectivity index (χ4v) is 4.18. The van der Waals surface area contributed by atoms with E-state index in [1.54, 1.807) is 25.5 Å². The average molecular weight is 307 g/mol. The summed E-state index contributed by atoms with van der Waals surface area (Å²) < 4.78 is 28.7. The smallest absolute Gasteiger partial charge is 0.263 e. The van der Waals surface area contributed by atoms with Gasteiger partial charge in [-0.3, -0.25) is 4.98 Å². The van der Waals surface area contributed by atoms with Gasteiger partial charge in [0.15, 0.2) is 10.8 Å². The summed E-state index contributed by atoms with van der Waals surface area (Å²) >= 11 is 0. The molecule has 0 radical (unpaired) electrons. The van der Waals surface area contributed by atoms with E-state index in [0.717, 1.165) is 18.4 Å². The maximum absolute atomic E-state index is 12.9. The molecule has 21 heavy (non-hydrogen) atoms. The van der Waals surface area contributed by atoms with Crippen LogP contribution < -0.4 is 5.73 Å². The van der Waals surface area contributed by atoms with Crippen molar-refractivity contribution >= 4 is 15.8 Å². The van der Waals surface area contributed by atoms with E-state index >= 15 is 0 Å². The molecule has 2 aromatic rings. The van der Waals surface area contributed by atoms with Crippen molar-refractivity contribution in [1.29, 1.82) is 0 Å². The Morgan fingerprint density at radius 1 is 1.48 bits per heavy atom. The standard InChI is InChI=1S/C13H17N5O2S/c1-17-9-16-12(14)13(17)21(19,20)18(11-4-5-11)8-10-3-2-6-15-7-10/h2-3,6-7,9,11H,4-5,8,14H2,1H3. The summed E-state index contributed by atoms with van der Waals surface area (Å²) in [7, 11) is -2.04. The van der Waals surface area contributed by atoms with E-state index in [4.69, 9.17) is 5.73 Å². The summed E-state index contributed by atoms with van der Waals surface area (Å²) in [4.78, 5) is 7.91. The number of nitrogens with two attached hydrogens (primary N) is 1. The van der Waals surface area contributed by atoms with Gasteiger partial charge in [0.1, 0.15) is 0 Å². The van der Waals surface area contributed by atoms with Crippen molar-refractivity contribution in [2.24, 2.45) is 7.05 Å². The maximum atomic E-state index is 12.9. The van der Waals surface area contributed by atoms with Crippen LogP contribution in [0.4, 0.5) is 5.82 Å². The lowest BCUT2D eigenvalue weighted by Gasteiger charge is -2.22. The number of nitrogen functional groups attached to an aromatic ring is 1. The Kier molecular flexibility index (Phi) is 3.42. The van der Waals surface area contributed by atoms with Crippen LogP contribution in [0.1, 0.15) is 18.4 Å². The van der Waals surface area contributed by atoms with E-state index in [1.165, 1.54) is 15.2 Å². The third-order valence-corrected chi connectivity index (χ3v) is 5.51. The lowest BCUT2D eigenvalue weighted by atomic mass is 10.3. The number of imidazole rings is 1. The topological polar surface area (TPSA) is 94.1 Å². The minimum absolute atomic E-state index is 0.0320. The number of aromatic nitrogens is 3. The van der Waals surface area contributed by atoms with Crippen molar-refractivity contribution in [3.05, 3.63) is 36.4 Å². The predicted molar refractivity (Wildman–Crippen MR) is 77.6 cm³/mol. The Hall–Kier alpha value is -1.93. The molecule has 2 aromatic heterocycles. The number of hydrogen-bond donors (Lipinski definition) is 1. The normalized spacial score (nSPS) is 15.5. The first-order valence-electron chi connectivity index (χ1n) is 6.67. The predicted octanol–water partition coefficient (Wildman–Crippen LogP) is 0.751. The number of anilines is 1. The van der Waals surface area contributed by atoms with E-state index in [1.807, 2.05) is 6.07 Å². The van der Waals surface area contributed by atoms with Crippen molar-refractivity contribution in [2.45, 2.75) is 30.5 Å². The van der Waals surface area contributed by atoms with Gasteiger partial charge >= 0.3 is 0 Å². The van der Waals surface area contributed by atoms with Crippen LogP contribution in [0.15, 0.2) is 35.9 Å². The van der Waals surface area contributed by atoms with Gasteiger partial charge in [-0.25, -0.2) is 13.4 Å². The molecule has 3 rings (SSSR count). The fourth-order valence-electron chi connectivity index (χ4n) is 2.31. The molecule has 0 saturated heterocycles. The van der Waals surface area contributed by atoms with Crippen molar-refractivity contribution in [3.63, 3.8) is 0 Å². The number of nitrogens with zero attached hydrogens (tertiary/aromatic N) is 4. The van der Waals surface area contributed by atoms with Gasteiger partial charge in [0.25, 0.3) is 10.0 Å². The zero-order valence-electron chi connectivity index (χ0n) is 11.7. The second-order valence-corrected chi connectivity index (χ2v) is 6.99. The highest BCUT2D eigenvalue weighted by molar-refractivity contribution is 7.89. The second kappa shape index (κ2) is 5.12. The zero-order valence-corrected chi connectivity index (χ0v) is 12.5. The van der Waals surface area contributed by atoms with Crippen LogP contribution >= 0.6 is 0 Å². The van der Waals surface area contributed by atoms with Gasteiger partial charge in [-0.05, 0) is 24.5 Å². The van der Waals surface area contributed by atoms with Crippen LogP contribution in [-0.2, 0) is 23.6 Å². The molecule has 112 valence electrons. The lowest BCUT2D eigenvalue weighted by Crippen LogP contribution is -2.34. The van der Waals surface area contributed by atoms with Crippen LogP contribution in [-0.4, -0.2) is 33.3 Å². The molecule has 1 aliphatic carbocycles. The Bertz CT molecular complexity index is 718. The first-order valence-corrected chi connectivity index (χ1v) is 8.11. The molecule has 2 heterocycles. The molecular weight excluding hydrogens is 290 g/mol. The quantitative estimate of drug-likeness (QED) is 0.879. The lowest BCUT2D eigenvalue weighted by molar-refractivity contribution is 0.394. The van der Waals surface area contributed by atoms with Crippen molar-refractivity contribution in [3.8, 4) is 0 Å². The van der Waals surface area contributed by atoms with E-state index in [-0.39, 0.29) is 16.9 Å². The van der Waals surface area contributed by atoms with Crippen LogP contribution in [0.25, 0.3) is 0 Å². The number of pyridine rings is 1. The number of aryl methyl sites for hydroxylation is 1. The Morgan fingerprint density at radius 2 is 2.24 bits per heavy atom. The molecule has 2 N–H and O–H groups in total. The summed E-state index contributed by atoms with van der Waals surface area (Å²) in [5.74, 6) is 0.0364. The number of sulfonamides is 1. The Balaban J connectivity index is 1.97. The minimum Gasteiger partial charge on any atom is -0.381 e. The molecule has 7 nitrogen and oxygen atoms in total. The summed E-state index contributed by atoms with van der Waals surface area (Å²) in [5.41, 5.74) is 6.58. The summed E-state index contributed by atoms with van der Waals surface area (Å²) in [6.07, 6.45) is 6.50. The molecule has 0 aliphatic heterocycles. The van der Waals surface area contributed by atoms with Crippen molar-refractivity contribution in [2.75, 3.05) is 5.73 Å². The highest BCUT2D eigenvalue weighted by atomic mass is 32.2. The molecule has 0 spiro atoms. The highest BCUT2D eigenvalue weighted by Gasteiger charge is 2.40. The van der Waals surface area contributed by atoms with Crippen LogP contribution in [0.2, 0.25) is 0 Å². The van der Waals surface area contributed by atoms with Crippen LogP contribution in [0, 0.1) is 0 Å². The first kappa shape index (κ1) is 14.0. The molecule has 0 aromatic carbocycles. The Labute approximate surface area is 123 Å². The summed E-state index contributed by atoms with van der Waals surface area (Å²) in [6.45, 7) is 0.297. The van der Waals surface area contributed by atoms with Gasteiger partial charge in [0.2, 0.25) is 0 Å². The van der Waals surface area contributed by atoms with E-state index in [9.17, 15) is 8.42 Å².